The summed E-state index contributed by atoms with van der Waals surface area (Å²) in [5.74, 6) is -5.61. The van der Waals surface area contributed by atoms with Crippen LogP contribution in [0.4, 0.5) is 18.9 Å². The number of aromatic amines is 1. The number of aromatic hydroxyl groups is 1. The third-order valence-corrected chi connectivity index (χ3v) is 4.99. The molecule has 0 saturated heterocycles. The Kier molecular flexibility index (Phi) is 4.94. The fourth-order valence-electron chi connectivity index (χ4n) is 3.26. The molecule has 0 fully saturated rings. The number of aliphatic imine (C=N–C) groups is 1. The molecule has 3 aromatic rings. The number of nitrogens with one attached hydrogen (secondary N) is 1. The summed E-state index contributed by atoms with van der Waals surface area (Å²) in [4.78, 5) is 30.4. The molecule has 2 heterocycles. The zero-order valence-corrected chi connectivity index (χ0v) is 16.0. The van der Waals surface area contributed by atoms with Crippen LogP contribution in [0.1, 0.15) is 22.9 Å². The third kappa shape index (κ3) is 3.40. The number of imidazole rings is 1. The minimum Gasteiger partial charge on any atom is -0.493 e. The molecule has 1 atom stereocenters. The Hall–Kier alpha value is -3.79. The van der Waals surface area contributed by atoms with Crippen molar-refractivity contribution in [2.45, 2.75) is 6.04 Å². The largest absolute Gasteiger partial charge is 0.493 e. The molecule has 7 nitrogen and oxygen atoms in total. The molecule has 158 valence electrons. The van der Waals surface area contributed by atoms with Crippen LogP contribution in [0.5, 0.6) is 5.88 Å². The first-order valence-electron chi connectivity index (χ1n) is 8.64. The zero-order valence-electron chi connectivity index (χ0n) is 15.2. The number of carboxylic acids is 1. The van der Waals surface area contributed by atoms with Crippen molar-refractivity contribution >= 4 is 41.1 Å². The predicted molar refractivity (Wildman–Crippen MR) is 106 cm³/mol. The Morgan fingerprint density at radius 3 is 2.61 bits per heavy atom. The number of fused-ring (bicyclic) bond motifs is 1. The van der Waals surface area contributed by atoms with Crippen LogP contribution in [0.2, 0.25) is 5.02 Å². The van der Waals surface area contributed by atoms with E-state index in [0.29, 0.717) is 27.8 Å². The van der Waals surface area contributed by atoms with Crippen molar-refractivity contribution < 1.29 is 28.2 Å². The number of benzene rings is 2. The molecule has 4 rings (SSSR count). The fourth-order valence-corrected chi connectivity index (χ4v) is 3.41. The summed E-state index contributed by atoms with van der Waals surface area (Å²) in [6, 6.07) is 3.29. The topological polar surface area (TPSA) is 108 Å². The van der Waals surface area contributed by atoms with Crippen LogP contribution in [-0.2, 0) is 4.79 Å². The van der Waals surface area contributed by atoms with Crippen LogP contribution in [-0.4, -0.2) is 31.9 Å². The van der Waals surface area contributed by atoms with Crippen LogP contribution in [0, 0.1) is 17.5 Å². The van der Waals surface area contributed by atoms with Gasteiger partial charge in [-0.2, -0.15) is 0 Å². The first-order chi connectivity index (χ1) is 14.7. The van der Waals surface area contributed by atoms with Crippen molar-refractivity contribution in [1.82, 2.24) is 9.55 Å². The van der Waals surface area contributed by atoms with Gasteiger partial charge in [-0.05, 0) is 29.8 Å². The number of hydrogen-bond donors (Lipinski definition) is 3. The van der Waals surface area contributed by atoms with Gasteiger partial charge in [-0.15, -0.1) is 0 Å². The molecule has 0 bridgehead atoms. The summed E-state index contributed by atoms with van der Waals surface area (Å²) in [6.07, 6.45) is 2.54. The number of carboxylic acid groups (broad SMARTS) is 1. The molecule has 1 aliphatic rings. The average Bonchev–Trinajstić information content (AvgIpc) is 3.24. The van der Waals surface area contributed by atoms with Gasteiger partial charge in [0.2, 0.25) is 5.88 Å². The summed E-state index contributed by atoms with van der Waals surface area (Å²) >= 11 is 5.73. The SMILES string of the molecule is O=C(O)C(c1ccc(F)c(F)c1)n1c(O)c(C=C2C=Nc3c2ccc(Cl)c3F)[nH]c1=O. The van der Waals surface area contributed by atoms with Gasteiger partial charge >= 0.3 is 11.7 Å². The van der Waals surface area contributed by atoms with Gasteiger partial charge in [-0.1, -0.05) is 23.7 Å². The Balaban J connectivity index is 1.82. The lowest BCUT2D eigenvalue weighted by Gasteiger charge is -2.14. The Bertz CT molecular complexity index is 1360. The normalized spacial score (nSPS) is 14.8. The van der Waals surface area contributed by atoms with E-state index in [1.165, 1.54) is 24.4 Å². The highest BCUT2D eigenvalue weighted by molar-refractivity contribution is 6.31. The standard InChI is InChI=1S/C20H11ClF3N3O4/c21-11-3-2-10-9(7-25-16(10)15(11)24)6-14-18(28)27(20(31)26-14)17(19(29)30)8-1-4-12(22)13(23)5-8/h1-7,17,28H,(H,26,31)(H,29,30). The molecule has 3 N–H and O–H groups in total. The van der Waals surface area contributed by atoms with E-state index < -0.39 is 41.0 Å². The molecular formula is C20H11ClF3N3O4. The molecule has 1 aromatic heterocycles. The number of halogens is 4. The van der Waals surface area contributed by atoms with Gasteiger partial charge in [-0.3, -0.25) is 4.99 Å². The van der Waals surface area contributed by atoms with Crippen molar-refractivity contribution in [1.29, 1.82) is 0 Å². The second kappa shape index (κ2) is 7.47. The lowest BCUT2D eigenvalue weighted by Crippen LogP contribution is -2.28. The maximum atomic E-state index is 14.1. The molecular weight excluding hydrogens is 439 g/mol. The van der Waals surface area contributed by atoms with Gasteiger partial charge in [0, 0.05) is 17.4 Å². The fraction of sp³-hybridized carbons (Fsp3) is 0.0500. The summed E-state index contributed by atoms with van der Waals surface area (Å²) < 4.78 is 41.4. The summed E-state index contributed by atoms with van der Waals surface area (Å²) in [7, 11) is 0. The van der Waals surface area contributed by atoms with E-state index in [9.17, 15) is 33.0 Å². The Morgan fingerprint density at radius 2 is 1.94 bits per heavy atom. The van der Waals surface area contributed by atoms with E-state index in [4.69, 9.17) is 11.6 Å². The van der Waals surface area contributed by atoms with E-state index in [0.717, 1.165) is 6.07 Å². The quantitative estimate of drug-likeness (QED) is 0.561. The number of aromatic nitrogens is 2. The Labute approximate surface area is 176 Å². The highest BCUT2D eigenvalue weighted by Gasteiger charge is 2.29. The van der Waals surface area contributed by atoms with E-state index in [2.05, 4.69) is 9.98 Å². The summed E-state index contributed by atoms with van der Waals surface area (Å²) in [6.45, 7) is 0. The number of H-pyrrole nitrogens is 1. The smallest absolute Gasteiger partial charge is 0.331 e. The van der Waals surface area contributed by atoms with Crippen LogP contribution in [0.25, 0.3) is 11.6 Å². The molecule has 1 unspecified atom stereocenters. The Morgan fingerprint density at radius 1 is 1.19 bits per heavy atom. The molecule has 0 radical (unpaired) electrons. The van der Waals surface area contributed by atoms with E-state index >= 15 is 0 Å². The lowest BCUT2D eigenvalue weighted by atomic mass is 10.1. The van der Waals surface area contributed by atoms with Crippen molar-refractivity contribution in [3.63, 3.8) is 0 Å². The van der Waals surface area contributed by atoms with Gasteiger partial charge in [0.25, 0.3) is 0 Å². The number of aliphatic carboxylic acids is 1. The van der Waals surface area contributed by atoms with Crippen molar-refractivity contribution in [3.8, 4) is 5.88 Å². The number of nitrogens with zero attached hydrogens (tertiary/aromatic N) is 2. The maximum Gasteiger partial charge on any atom is 0.331 e. The molecule has 0 saturated carbocycles. The van der Waals surface area contributed by atoms with Gasteiger partial charge in [0.15, 0.2) is 23.5 Å². The molecule has 31 heavy (non-hydrogen) atoms. The first kappa shape index (κ1) is 20.5. The number of rotatable bonds is 4. The van der Waals surface area contributed by atoms with E-state index in [1.807, 2.05) is 0 Å². The molecule has 0 aliphatic carbocycles. The van der Waals surface area contributed by atoms with Crippen LogP contribution < -0.4 is 5.69 Å². The minimum absolute atomic E-state index is 0.0229. The lowest BCUT2D eigenvalue weighted by molar-refractivity contribution is -0.139. The maximum absolute atomic E-state index is 14.1. The van der Waals surface area contributed by atoms with Crippen LogP contribution >= 0.6 is 11.6 Å². The first-order valence-corrected chi connectivity index (χ1v) is 9.02. The molecule has 1 aliphatic heterocycles. The van der Waals surface area contributed by atoms with Crippen LogP contribution in [0.3, 0.4) is 0 Å². The summed E-state index contributed by atoms with van der Waals surface area (Å²) in [5.41, 5.74) is -0.849. The second-order valence-corrected chi connectivity index (χ2v) is 6.97. The van der Waals surface area contributed by atoms with Gasteiger partial charge < -0.3 is 15.2 Å². The third-order valence-electron chi connectivity index (χ3n) is 4.69. The number of carbonyl (C=O) groups is 1. The predicted octanol–water partition coefficient (Wildman–Crippen LogP) is 3.88. The van der Waals surface area contributed by atoms with Crippen molar-refractivity contribution in [2.24, 2.45) is 4.99 Å². The van der Waals surface area contributed by atoms with E-state index in [-0.39, 0.29) is 22.0 Å². The van der Waals surface area contributed by atoms with Gasteiger partial charge in [0.1, 0.15) is 11.4 Å². The van der Waals surface area contributed by atoms with E-state index in [1.54, 1.807) is 0 Å². The van der Waals surface area contributed by atoms with Crippen LogP contribution in [0.15, 0.2) is 40.1 Å². The number of allylic oxidation sites excluding steroid dienone is 1. The monoisotopic (exact) mass is 449 g/mol. The molecule has 11 heteroatoms. The highest BCUT2D eigenvalue weighted by Crippen LogP contribution is 2.38. The van der Waals surface area contributed by atoms with Gasteiger partial charge in [-0.25, -0.2) is 27.3 Å². The van der Waals surface area contributed by atoms with Crippen molar-refractivity contribution in [2.75, 3.05) is 0 Å². The minimum atomic E-state index is -1.84. The highest BCUT2D eigenvalue weighted by atomic mass is 35.5. The molecule has 0 spiro atoms. The summed E-state index contributed by atoms with van der Waals surface area (Å²) in [5, 5.41) is 20.0. The average molecular weight is 450 g/mol. The van der Waals surface area contributed by atoms with Gasteiger partial charge in [0.05, 0.1) is 5.02 Å². The zero-order chi connectivity index (χ0) is 22.4. The number of hydrogen-bond acceptors (Lipinski definition) is 4. The second-order valence-electron chi connectivity index (χ2n) is 6.57. The molecule has 2 aromatic carbocycles. The molecule has 0 amide bonds. The van der Waals surface area contributed by atoms with Crippen molar-refractivity contribution in [3.05, 3.63) is 80.1 Å².